The third kappa shape index (κ3) is 2.26. The Morgan fingerprint density at radius 3 is 2.95 bits per heavy atom. The number of aromatic nitrogens is 1. The average molecular weight is 270 g/mol. The maximum absolute atomic E-state index is 4.51. The number of likely N-dealkylation sites (N-methyl/N-ethyl adjacent to an activating group) is 1. The summed E-state index contributed by atoms with van der Waals surface area (Å²) in [6.45, 7) is 8.11. The summed E-state index contributed by atoms with van der Waals surface area (Å²) >= 11 is 0. The molecule has 0 fully saturated rings. The molecule has 0 saturated heterocycles. The van der Waals surface area contributed by atoms with Gasteiger partial charge < -0.3 is 14.8 Å². The molecule has 0 amide bonds. The third-order valence-corrected chi connectivity index (χ3v) is 4.11. The molecule has 4 heteroatoms. The Morgan fingerprint density at radius 1 is 1.30 bits per heavy atom. The number of hydrogen-bond acceptors (Lipinski definition) is 3. The van der Waals surface area contributed by atoms with Gasteiger partial charge in [0.1, 0.15) is 0 Å². The predicted octanol–water partition coefficient (Wildman–Crippen LogP) is 2.27. The molecule has 1 N–H and O–H groups in total. The Labute approximate surface area is 120 Å². The van der Waals surface area contributed by atoms with Crippen LogP contribution >= 0.6 is 0 Å². The van der Waals surface area contributed by atoms with Crippen LogP contribution in [0.15, 0.2) is 29.3 Å². The monoisotopic (exact) mass is 270 g/mol. The van der Waals surface area contributed by atoms with Crippen LogP contribution in [0.3, 0.4) is 0 Å². The van der Waals surface area contributed by atoms with Gasteiger partial charge in [-0.25, -0.2) is 0 Å². The predicted molar refractivity (Wildman–Crippen MR) is 84.0 cm³/mol. The van der Waals surface area contributed by atoms with Crippen LogP contribution in [0.4, 0.5) is 0 Å². The number of rotatable bonds is 3. The van der Waals surface area contributed by atoms with Crippen molar-refractivity contribution >= 4 is 16.9 Å². The molecule has 2 aromatic rings. The molecule has 1 aromatic heterocycles. The van der Waals surface area contributed by atoms with Gasteiger partial charge in [0.2, 0.25) is 0 Å². The number of aryl methyl sites for hydroxylation is 2. The Balaban J connectivity index is 1.75. The first-order chi connectivity index (χ1) is 9.69. The number of nitrogens with zero attached hydrogens (tertiary/aromatic N) is 3. The molecule has 4 nitrogen and oxygen atoms in total. The molecule has 106 valence electrons. The van der Waals surface area contributed by atoms with Crippen LogP contribution in [-0.4, -0.2) is 35.1 Å². The molecular weight excluding hydrogens is 248 g/mol. The molecule has 2 heterocycles. The van der Waals surface area contributed by atoms with Gasteiger partial charge in [0.15, 0.2) is 5.96 Å². The van der Waals surface area contributed by atoms with E-state index >= 15 is 0 Å². The fourth-order valence-corrected chi connectivity index (χ4v) is 2.79. The summed E-state index contributed by atoms with van der Waals surface area (Å²) in [6, 6.07) is 8.90. The van der Waals surface area contributed by atoms with Crippen LogP contribution in [0.25, 0.3) is 10.9 Å². The number of benzene rings is 1. The van der Waals surface area contributed by atoms with Crippen molar-refractivity contribution in [1.82, 2.24) is 14.8 Å². The maximum Gasteiger partial charge on any atom is 0.194 e. The second kappa shape index (κ2) is 5.19. The summed E-state index contributed by atoms with van der Waals surface area (Å²) in [4.78, 5) is 6.79. The highest BCUT2D eigenvalue weighted by atomic mass is 15.3. The van der Waals surface area contributed by atoms with Gasteiger partial charge in [-0.15, -0.1) is 0 Å². The van der Waals surface area contributed by atoms with Crippen LogP contribution in [0.1, 0.15) is 18.2 Å². The molecule has 1 aliphatic rings. The Morgan fingerprint density at radius 2 is 2.15 bits per heavy atom. The van der Waals surface area contributed by atoms with E-state index in [9.17, 15) is 0 Å². The first-order valence-electron chi connectivity index (χ1n) is 7.27. The van der Waals surface area contributed by atoms with Gasteiger partial charge in [-0.2, -0.15) is 0 Å². The zero-order chi connectivity index (χ0) is 14.1. The standard InChI is InChI=1S/C16H22N4/c1-4-20-8-7-17-16(20)18-11-13-5-6-15-14(10-13)9-12(2)19(15)3/h5-6,9-10H,4,7-8,11H2,1-3H3,(H,17,18). The van der Waals surface area contributed by atoms with Crippen LogP contribution in [0.5, 0.6) is 0 Å². The van der Waals surface area contributed by atoms with Gasteiger partial charge in [-0.3, -0.25) is 4.99 Å². The number of fused-ring (bicyclic) bond motifs is 1. The fraction of sp³-hybridized carbons (Fsp3) is 0.438. The Hall–Kier alpha value is -1.97. The van der Waals surface area contributed by atoms with Crippen molar-refractivity contribution in [2.75, 3.05) is 19.6 Å². The van der Waals surface area contributed by atoms with Crippen LogP contribution in [-0.2, 0) is 13.6 Å². The topological polar surface area (TPSA) is 32.6 Å². The van der Waals surface area contributed by atoms with Gasteiger partial charge in [0.25, 0.3) is 0 Å². The lowest BCUT2D eigenvalue weighted by Gasteiger charge is -2.18. The molecule has 1 aliphatic heterocycles. The summed E-state index contributed by atoms with van der Waals surface area (Å²) in [7, 11) is 2.11. The van der Waals surface area contributed by atoms with E-state index in [1.807, 2.05) is 0 Å². The highest BCUT2D eigenvalue weighted by Gasteiger charge is 2.14. The quantitative estimate of drug-likeness (QED) is 0.928. The first-order valence-corrected chi connectivity index (χ1v) is 7.27. The lowest BCUT2D eigenvalue weighted by molar-refractivity contribution is 0.466. The van der Waals surface area contributed by atoms with Crippen molar-refractivity contribution in [2.24, 2.45) is 12.0 Å². The zero-order valence-electron chi connectivity index (χ0n) is 12.5. The summed E-state index contributed by atoms with van der Waals surface area (Å²) in [5.74, 6) is 1.04. The van der Waals surface area contributed by atoms with E-state index in [1.165, 1.54) is 22.2 Å². The van der Waals surface area contributed by atoms with Gasteiger partial charge in [-0.1, -0.05) is 6.07 Å². The molecule has 0 atom stereocenters. The molecular formula is C16H22N4. The number of nitrogens with one attached hydrogen (secondary N) is 1. The lowest BCUT2D eigenvalue weighted by Crippen LogP contribution is -2.37. The largest absolute Gasteiger partial charge is 0.352 e. The minimum atomic E-state index is 0.833. The number of hydrogen-bond donors (Lipinski definition) is 1. The minimum absolute atomic E-state index is 0.833. The van der Waals surface area contributed by atoms with E-state index in [-0.39, 0.29) is 0 Å². The smallest absolute Gasteiger partial charge is 0.194 e. The third-order valence-electron chi connectivity index (χ3n) is 4.11. The average Bonchev–Trinajstić information content (AvgIpc) is 3.02. The minimum Gasteiger partial charge on any atom is -0.352 e. The van der Waals surface area contributed by atoms with E-state index in [4.69, 9.17) is 0 Å². The Bertz CT molecular complexity index is 654. The van der Waals surface area contributed by atoms with Gasteiger partial charge >= 0.3 is 0 Å². The van der Waals surface area contributed by atoms with Crippen molar-refractivity contribution < 1.29 is 0 Å². The molecule has 0 spiro atoms. The fourth-order valence-electron chi connectivity index (χ4n) is 2.79. The summed E-state index contributed by atoms with van der Waals surface area (Å²) in [5.41, 5.74) is 3.89. The van der Waals surface area contributed by atoms with Gasteiger partial charge in [0.05, 0.1) is 6.54 Å². The van der Waals surface area contributed by atoms with E-state index in [1.54, 1.807) is 0 Å². The van der Waals surface area contributed by atoms with Crippen molar-refractivity contribution in [3.8, 4) is 0 Å². The van der Waals surface area contributed by atoms with Crippen molar-refractivity contribution in [1.29, 1.82) is 0 Å². The molecule has 1 aromatic carbocycles. The van der Waals surface area contributed by atoms with Crippen molar-refractivity contribution in [3.63, 3.8) is 0 Å². The second-order valence-corrected chi connectivity index (χ2v) is 5.38. The molecule has 0 unspecified atom stereocenters. The zero-order valence-corrected chi connectivity index (χ0v) is 12.5. The molecule has 0 radical (unpaired) electrons. The molecule has 0 aliphatic carbocycles. The lowest BCUT2D eigenvalue weighted by atomic mass is 10.1. The normalized spacial score (nSPS) is 14.9. The molecule has 3 rings (SSSR count). The summed E-state index contributed by atoms with van der Waals surface area (Å²) in [5, 5.41) is 4.76. The second-order valence-electron chi connectivity index (χ2n) is 5.38. The van der Waals surface area contributed by atoms with Crippen LogP contribution in [0.2, 0.25) is 0 Å². The van der Waals surface area contributed by atoms with Crippen molar-refractivity contribution in [2.45, 2.75) is 20.4 Å². The number of guanidine groups is 1. The van der Waals surface area contributed by atoms with Crippen LogP contribution in [0, 0.1) is 6.92 Å². The first kappa shape index (κ1) is 13.0. The van der Waals surface area contributed by atoms with E-state index in [0.29, 0.717) is 0 Å². The summed E-state index contributed by atoms with van der Waals surface area (Å²) in [6.07, 6.45) is 0. The van der Waals surface area contributed by atoms with E-state index in [0.717, 1.165) is 32.1 Å². The molecule has 0 bridgehead atoms. The van der Waals surface area contributed by atoms with E-state index < -0.39 is 0 Å². The van der Waals surface area contributed by atoms with Gasteiger partial charge in [0, 0.05) is 43.3 Å². The van der Waals surface area contributed by atoms with Crippen molar-refractivity contribution in [3.05, 3.63) is 35.5 Å². The van der Waals surface area contributed by atoms with E-state index in [2.05, 4.69) is 64.9 Å². The number of aliphatic imine (C=N–C) groups is 1. The highest BCUT2D eigenvalue weighted by molar-refractivity contribution is 5.83. The molecule has 20 heavy (non-hydrogen) atoms. The SMILES string of the molecule is CCN1CCN=C1NCc1ccc2c(c1)cc(C)n2C. The Kier molecular flexibility index (Phi) is 3.38. The highest BCUT2D eigenvalue weighted by Crippen LogP contribution is 2.19. The summed E-state index contributed by atoms with van der Waals surface area (Å²) < 4.78 is 2.23. The molecule has 0 saturated carbocycles. The maximum atomic E-state index is 4.51. The van der Waals surface area contributed by atoms with Crippen LogP contribution < -0.4 is 5.32 Å². The van der Waals surface area contributed by atoms with Gasteiger partial charge in [-0.05, 0) is 37.6 Å².